The summed E-state index contributed by atoms with van der Waals surface area (Å²) in [4.78, 5) is 3.92. The van der Waals surface area contributed by atoms with Crippen molar-refractivity contribution in [3.8, 4) is 5.69 Å². The van der Waals surface area contributed by atoms with Crippen molar-refractivity contribution >= 4 is 11.6 Å². The minimum absolute atomic E-state index is 0.477. The van der Waals surface area contributed by atoms with Gasteiger partial charge in [-0.15, -0.1) is 0 Å². The molecule has 4 N–H and O–H groups in total. The molecular formula is C9H10N4. The van der Waals surface area contributed by atoms with Crippen LogP contribution in [-0.4, -0.2) is 9.55 Å². The van der Waals surface area contributed by atoms with E-state index in [2.05, 4.69) is 4.98 Å². The zero-order chi connectivity index (χ0) is 9.26. The summed E-state index contributed by atoms with van der Waals surface area (Å²) < 4.78 is 1.79. The molecule has 0 saturated heterocycles. The standard InChI is InChI=1S/C9H10N4/c10-7-1-3-8(4-2-7)13-6-5-12-9(13)11/h1-6H,10H2,(H2,11,12). The molecule has 0 radical (unpaired) electrons. The minimum Gasteiger partial charge on any atom is -0.399 e. The van der Waals surface area contributed by atoms with Gasteiger partial charge in [-0.3, -0.25) is 4.57 Å². The van der Waals surface area contributed by atoms with Crippen molar-refractivity contribution in [1.29, 1.82) is 0 Å². The van der Waals surface area contributed by atoms with E-state index < -0.39 is 0 Å². The molecule has 0 bridgehead atoms. The molecule has 0 spiro atoms. The van der Waals surface area contributed by atoms with Crippen molar-refractivity contribution in [1.82, 2.24) is 9.55 Å². The first-order valence-corrected chi connectivity index (χ1v) is 3.92. The van der Waals surface area contributed by atoms with Crippen molar-refractivity contribution in [2.45, 2.75) is 0 Å². The fourth-order valence-corrected chi connectivity index (χ4v) is 1.17. The Morgan fingerprint density at radius 2 is 1.77 bits per heavy atom. The molecule has 0 amide bonds. The highest BCUT2D eigenvalue weighted by Gasteiger charge is 1.99. The number of hydrogen-bond acceptors (Lipinski definition) is 3. The van der Waals surface area contributed by atoms with E-state index in [1.807, 2.05) is 24.3 Å². The molecule has 1 heterocycles. The van der Waals surface area contributed by atoms with E-state index in [1.54, 1.807) is 17.0 Å². The maximum Gasteiger partial charge on any atom is 0.204 e. The highest BCUT2D eigenvalue weighted by Crippen LogP contribution is 2.13. The van der Waals surface area contributed by atoms with Crippen LogP contribution in [0.3, 0.4) is 0 Å². The number of rotatable bonds is 1. The number of anilines is 2. The van der Waals surface area contributed by atoms with E-state index in [9.17, 15) is 0 Å². The Morgan fingerprint density at radius 1 is 1.08 bits per heavy atom. The summed E-state index contributed by atoms with van der Waals surface area (Å²) >= 11 is 0. The van der Waals surface area contributed by atoms with Gasteiger partial charge < -0.3 is 11.5 Å². The molecule has 13 heavy (non-hydrogen) atoms. The zero-order valence-electron chi connectivity index (χ0n) is 7.01. The topological polar surface area (TPSA) is 69.9 Å². The molecular weight excluding hydrogens is 164 g/mol. The molecule has 66 valence electrons. The Kier molecular flexibility index (Phi) is 1.66. The van der Waals surface area contributed by atoms with Crippen LogP contribution in [0.25, 0.3) is 5.69 Å². The smallest absolute Gasteiger partial charge is 0.204 e. The van der Waals surface area contributed by atoms with Gasteiger partial charge in [0.2, 0.25) is 5.95 Å². The van der Waals surface area contributed by atoms with Crippen LogP contribution in [0, 0.1) is 0 Å². The molecule has 2 aromatic rings. The van der Waals surface area contributed by atoms with E-state index in [1.165, 1.54) is 0 Å². The van der Waals surface area contributed by atoms with Gasteiger partial charge >= 0.3 is 0 Å². The molecule has 0 aliphatic carbocycles. The van der Waals surface area contributed by atoms with Crippen LogP contribution in [0.5, 0.6) is 0 Å². The largest absolute Gasteiger partial charge is 0.399 e. The van der Waals surface area contributed by atoms with Crippen molar-refractivity contribution in [3.05, 3.63) is 36.7 Å². The first-order valence-electron chi connectivity index (χ1n) is 3.92. The lowest BCUT2D eigenvalue weighted by molar-refractivity contribution is 1.07. The van der Waals surface area contributed by atoms with Gasteiger partial charge in [0.05, 0.1) is 0 Å². The van der Waals surface area contributed by atoms with Crippen LogP contribution in [0.15, 0.2) is 36.7 Å². The Balaban J connectivity index is 2.47. The first kappa shape index (κ1) is 7.67. The summed E-state index contributed by atoms with van der Waals surface area (Å²) in [6, 6.07) is 7.45. The summed E-state index contributed by atoms with van der Waals surface area (Å²) in [7, 11) is 0. The predicted molar refractivity (Wildman–Crippen MR) is 52.4 cm³/mol. The highest BCUT2D eigenvalue weighted by atomic mass is 15.1. The van der Waals surface area contributed by atoms with Crippen molar-refractivity contribution in [3.63, 3.8) is 0 Å². The molecule has 0 atom stereocenters. The maximum absolute atomic E-state index is 5.63. The number of nitrogen functional groups attached to an aromatic ring is 2. The third-order valence-electron chi connectivity index (χ3n) is 1.84. The normalized spacial score (nSPS) is 10.2. The Morgan fingerprint density at radius 3 is 2.31 bits per heavy atom. The van der Waals surface area contributed by atoms with Gasteiger partial charge in [-0.2, -0.15) is 0 Å². The zero-order valence-corrected chi connectivity index (χ0v) is 7.01. The summed E-state index contributed by atoms with van der Waals surface area (Å²) in [6.07, 6.45) is 3.46. The van der Waals surface area contributed by atoms with E-state index >= 15 is 0 Å². The summed E-state index contributed by atoms with van der Waals surface area (Å²) in [6.45, 7) is 0. The maximum atomic E-state index is 5.63. The monoisotopic (exact) mass is 174 g/mol. The lowest BCUT2D eigenvalue weighted by Gasteiger charge is -2.03. The molecule has 0 aliphatic heterocycles. The molecule has 0 unspecified atom stereocenters. The number of aromatic nitrogens is 2. The molecule has 1 aromatic heterocycles. The van der Waals surface area contributed by atoms with E-state index in [0.29, 0.717) is 5.95 Å². The Labute approximate surface area is 75.8 Å². The number of nitrogens with two attached hydrogens (primary N) is 2. The van der Waals surface area contributed by atoms with Crippen LogP contribution in [0.1, 0.15) is 0 Å². The van der Waals surface area contributed by atoms with Gasteiger partial charge in [0, 0.05) is 23.8 Å². The lowest BCUT2D eigenvalue weighted by atomic mass is 10.3. The van der Waals surface area contributed by atoms with Crippen LogP contribution < -0.4 is 11.5 Å². The fourth-order valence-electron chi connectivity index (χ4n) is 1.17. The van der Waals surface area contributed by atoms with Gasteiger partial charge in [-0.25, -0.2) is 4.98 Å². The molecule has 2 rings (SSSR count). The molecule has 4 nitrogen and oxygen atoms in total. The van der Waals surface area contributed by atoms with Crippen LogP contribution >= 0.6 is 0 Å². The van der Waals surface area contributed by atoms with Gasteiger partial charge in [0.25, 0.3) is 0 Å². The van der Waals surface area contributed by atoms with Crippen molar-refractivity contribution in [2.75, 3.05) is 11.5 Å². The number of imidazole rings is 1. The van der Waals surface area contributed by atoms with Crippen molar-refractivity contribution in [2.24, 2.45) is 0 Å². The van der Waals surface area contributed by atoms with Crippen LogP contribution in [0.4, 0.5) is 11.6 Å². The average Bonchev–Trinajstić information content (AvgIpc) is 2.53. The number of benzene rings is 1. The van der Waals surface area contributed by atoms with Gasteiger partial charge in [0.1, 0.15) is 0 Å². The van der Waals surface area contributed by atoms with Gasteiger partial charge in [-0.05, 0) is 24.3 Å². The second-order valence-electron chi connectivity index (χ2n) is 2.75. The van der Waals surface area contributed by atoms with E-state index in [-0.39, 0.29) is 0 Å². The lowest BCUT2D eigenvalue weighted by Crippen LogP contribution is -1.99. The second kappa shape index (κ2) is 2.82. The number of hydrogen-bond donors (Lipinski definition) is 2. The van der Waals surface area contributed by atoms with E-state index in [0.717, 1.165) is 11.4 Å². The van der Waals surface area contributed by atoms with Crippen LogP contribution in [0.2, 0.25) is 0 Å². The third kappa shape index (κ3) is 1.33. The number of nitrogens with zero attached hydrogens (tertiary/aromatic N) is 2. The molecule has 1 aromatic carbocycles. The summed E-state index contributed by atoms with van der Waals surface area (Å²) in [5.41, 5.74) is 12.9. The Hall–Kier alpha value is -1.97. The van der Waals surface area contributed by atoms with Crippen molar-refractivity contribution < 1.29 is 0 Å². The second-order valence-corrected chi connectivity index (χ2v) is 2.75. The highest BCUT2D eigenvalue weighted by molar-refractivity contribution is 5.47. The fraction of sp³-hybridized carbons (Fsp3) is 0. The average molecular weight is 174 g/mol. The van der Waals surface area contributed by atoms with Gasteiger partial charge in [-0.1, -0.05) is 0 Å². The summed E-state index contributed by atoms with van der Waals surface area (Å²) in [5, 5.41) is 0. The minimum atomic E-state index is 0.477. The molecule has 0 fully saturated rings. The SMILES string of the molecule is Nc1ccc(-n2ccnc2N)cc1. The first-order chi connectivity index (χ1) is 6.27. The quantitative estimate of drug-likeness (QED) is 0.634. The third-order valence-corrected chi connectivity index (χ3v) is 1.84. The van der Waals surface area contributed by atoms with Crippen LogP contribution in [-0.2, 0) is 0 Å². The predicted octanol–water partition coefficient (Wildman–Crippen LogP) is 1.04. The summed E-state index contributed by atoms with van der Waals surface area (Å²) in [5.74, 6) is 0.477. The molecule has 0 aliphatic rings. The van der Waals surface area contributed by atoms with E-state index in [4.69, 9.17) is 11.5 Å². The van der Waals surface area contributed by atoms with Gasteiger partial charge in [0.15, 0.2) is 0 Å². The molecule has 0 saturated carbocycles. The molecule has 4 heteroatoms. The Bertz CT molecular complexity index is 402.